The van der Waals surface area contributed by atoms with Crippen LogP contribution in [0.15, 0.2) is 60.8 Å². The van der Waals surface area contributed by atoms with Crippen LogP contribution in [0.2, 0.25) is 0 Å². The van der Waals surface area contributed by atoms with Crippen molar-refractivity contribution in [2.24, 2.45) is 7.05 Å². The number of imidazole rings is 1. The molecule has 130 valence electrons. The second-order valence-corrected chi connectivity index (χ2v) is 5.89. The van der Waals surface area contributed by atoms with Gasteiger partial charge in [0.1, 0.15) is 5.82 Å². The first-order chi connectivity index (χ1) is 12.6. The Hall–Kier alpha value is -3.41. The van der Waals surface area contributed by atoms with Gasteiger partial charge in [-0.05, 0) is 29.8 Å². The first-order valence-corrected chi connectivity index (χ1v) is 8.08. The van der Waals surface area contributed by atoms with E-state index in [4.69, 9.17) is 4.74 Å². The average molecular weight is 349 g/mol. The first-order valence-electron chi connectivity index (χ1n) is 8.08. The lowest BCUT2D eigenvalue weighted by Crippen LogP contribution is -2.10. The molecule has 0 atom stereocenters. The standard InChI is InChI=1S/C20H16FN3O2/c1-23-18(14-8-10-15(21)11-9-14)17(13-6-4-3-5-7-13)19-22-12-16(24(19)23)20(25)26-2/h3-12H,1-2H3. The summed E-state index contributed by atoms with van der Waals surface area (Å²) in [6.45, 7) is 0. The van der Waals surface area contributed by atoms with Crippen molar-refractivity contribution >= 4 is 11.6 Å². The lowest BCUT2D eigenvalue weighted by molar-refractivity contribution is 0.0590. The fraction of sp³-hybridized carbons (Fsp3) is 0.100. The summed E-state index contributed by atoms with van der Waals surface area (Å²) in [5.41, 5.74) is 4.46. The molecule has 0 aliphatic heterocycles. The Labute approximate surface area is 149 Å². The SMILES string of the molecule is COC(=O)c1cnc2c(-c3ccccc3)c(-c3ccc(F)cc3)n(C)n12. The van der Waals surface area contributed by atoms with E-state index in [0.29, 0.717) is 11.3 Å². The topological polar surface area (TPSA) is 48.5 Å². The van der Waals surface area contributed by atoms with Crippen LogP contribution in [0.1, 0.15) is 10.5 Å². The number of carbonyl (C=O) groups is 1. The third kappa shape index (κ3) is 2.38. The van der Waals surface area contributed by atoms with E-state index >= 15 is 0 Å². The monoisotopic (exact) mass is 349 g/mol. The van der Waals surface area contributed by atoms with Gasteiger partial charge < -0.3 is 4.74 Å². The number of methoxy groups -OCH3 is 1. The van der Waals surface area contributed by atoms with Crippen molar-refractivity contribution in [3.8, 4) is 22.4 Å². The minimum atomic E-state index is -0.469. The Kier molecular flexibility index (Phi) is 3.80. The van der Waals surface area contributed by atoms with Gasteiger partial charge in [-0.25, -0.2) is 18.7 Å². The molecule has 2 aromatic heterocycles. The summed E-state index contributed by atoms with van der Waals surface area (Å²) < 4.78 is 21.8. The Morgan fingerprint density at radius 2 is 1.73 bits per heavy atom. The molecule has 0 bridgehead atoms. The summed E-state index contributed by atoms with van der Waals surface area (Å²) in [5, 5.41) is 0. The third-order valence-electron chi connectivity index (χ3n) is 4.40. The fourth-order valence-electron chi connectivity index (χ4n) is 3.24. The highest BCUT2D eigenvalue weighted by atomic mass is 19.1. The van der Waals surface area contributed by atoms with Crippen molar-refractivity contribution in [1.29, 1.82) is 0 Å². The Balaban J connectivity index is 2.09. The number of hydrogen-bond donors (Lipinski definition) is 0. The molecule has 6 heteroatoms. The zero-order valence-electron chi connectivity index (χ0n) is 14.3. The van der Waals surface area contributed by atoms with E-state index in [0.717, 1.165) is 22.4 Å². The van der Waals surface area contributed by atoms with Gasteiger partial charge in [-0.15, -0.1) is 0 Å². The second-order valence-electron chi connectivity index (χ2n) is 5.89. The fourth-order valence-corrected chi connectivity index (χ4v) is 3.24. The average Bonchev–Trinajstić information content (AvgIpc) is 3.22. The minimum absolute atomic E-state index is 0.302. The van der Waals surface area contributed by atoms with Crippen LogP contribution in [-0.2, 0) is 11.8 Å². The molecular formula is C20H16FN3O2. The molecule has 26 heavy (non-hydrogen) atoms. The van der Waals surface area contributed by atoms with Crippen molar-refractivity contribution in [2.45, 2.75) is 0 Å². The largest absolute Gasteiger partial charge is 0.464 e. The van der Waals surface area contributed by atoms with Gasteiger partial charge in [0.15, 0.2) is 11.3 Å². The van der Waals surface area contributed by atoms with Gasteiger partial charge in [-0.2, -0.15) is 0 Å². The molecule has 4 rings (SSSR count). The van der Waals surface area contributed by atoms with Crippen LogP contribution in [0.25, 0.3) is 28.0 Å². The van der Waals surface area contributed by atoms with E-state index < -0.39 is 5.97 Å². The zero-order valence-corrected chi connectivity index (χ0v) is 14.3. The van der Waals surface area contributed by atoms with E-state index in [1.807, 2.05) is 42.1 Å². The van der Waals surface area contributed by atoms with Crippen molar-refractivity contribution in [1.82, 2.24) is 14.2 Å². The quantitative estimate of drug-likeness (QED) is 0.527. The number of hydrogen-bond acceptors (Lipinski definition) is 3. The van der Waals surface area contributed by atoms with Gasteiger partial charge in [-0.1, -0.05) is 30.3 Å². The van der Waals surface area contributed by atoms with Gasteiger partial charge in [0.2, 0.25) is 0 Å². The molecule has 0 aliphatic carbocycles. The summed E-state index contributed by atoms with van der Waals surface area (Å²) >= 11 is 0. The smallest absolute Gasteiger partial charge is 0.358 e. The molecule has 2 heterocycles. The molecule has 2 aromatic carbocycles. The van der Waals surface area contributed by atoms with Gasteiger partial charge in [-0.3, -0.25) is 4.68 Å². The molecule has 0 spiro atoms. The van der Waals surface area contributed by atoms with Crippen molar-refractivity contribution in [3.05, 3.63) is 72.3 Å². The van der Waals surface area contributed by atoms with Crippen molar-refractivity contribution in [2.75, 3.05) is 7.11 Å². The van der Waals surface area contributed by atoms with Crippen LogP contribution in [0.4, 0.5) is 4.39 Å². The zero-order chi connectivity index (χ0) is 18.3. The molecule has 0 saturated heterocycles. The van der Waals surface area contributed by atoms with E-state index in [9.17, 15) is 9.18 Å². The van der Waals surface area contributed by atoms with Gasteiger partial charge in [0.05, 0.1) is 24.6 Å². The number of ether oxygens (including phenoxy) is 1. The molecule has 0 N–H and O–H groups in total. The number of aryl methyl sites for hydroxylation is 1. The molecule has 0 unspecified atom stereocenters. The predicted molar refractivity (Wildman–Crippen MR) is 96.3 cm³/mol. The number of benzene rings is 2. The number of aromatic nitrogens is 3. The summed E-state index contributed by atoms with van der Waals surface area (Å²) in [4.78, 5) is 16.6. The number of carbonyl (C=O) groups excluding carboxylic acids is 1. The van der Waals surface area contributed by atoms with Crippen LogP contribution < -0.4 is 0 Å². The summed E-state index contributed by atoms with van der Waals surface area (Å²) in [7, 11) is 3.18. The number of esters is 1. The lowest BCUT2D eigenvalue weighted by atomic mass is 10.0. The van der Waals surface area contributed by atoms with E-state index in [2.05, 4.69) is 4.98 Å². The van der Waals surface area contributed by atoms with Gasteiger partial charge in [0, 0.05) is 12.6 Å². The summed E-state index contributed by atoms with van der Waals surface area (Å²) in [6, 6.07) is 16.1. The lowest BCUT2D eigenvalue weighted by Gasteiger charge is -2.09. The first kappa shape index (κ1) is 16.1. The number of nitrogens with zero attached hydrogens (tertiary/aromatic N) is 3. The highest BCUT2D eigenvalue weighted by Gasteiger charge is 2.24. The Morgan fingerprint density at radius 3 is 2.38 bits per heavy atom. The predicted octanol–water partition coefficient (Wildman–Crippen LogP) is 3.93. The van der Waals surface area contributed by atoms with Crippen LogP contribution in [-0.4, -0.2) is 27.3 Å². The molecular weight excluding hydrogens is 333 g/mol. The maximum atomic E-state index is 13.4. The minimum Gasteiger partial charge on any atom is -0.464 e. The molecule has 0 saturated carbocycles. The number of fused-ring (bicyclic) bond motifs is 1. The van der Waals surface area contributed by atoms with Crippen LogP contribution in [0.5, 0.6) is 0 Å². The maximum absolute atomic E-state index is 13.4. The molecule has 0 aliphatic rings. The number of rotatable bonds is 3. The highest BCUT2D eigenvalue weighted by Crippen LogP contribution is 2.36. The molecule has 0 radical (unpaired) electrons. The highest BCUT2D eigenvalue weighted by molar-refractivity contribution is 5.95. The summed E-state index contributed by atoms with van der Waals surface area (Å²) in [5.74, 6) is -0.771. The Morgan fingerprint density at radius 1 is 1.04 bits per heavy atom. The molecule has 5 nitrogen and oxygen atoms in total. The van der Waals surface area contributed by atoms with Crippen LogP contribution >= 0.6 is 0 Å². The van der Waals surface area contributed by atoms with E-state index in [-0.39, 0.29) is 5.82 Å². The molecule has 4 aromatic rings. The van der Waals surface area contributed by atoms with E-state index in [1.54, 1.807) is 16.6 Å². The van der Waals surface area contributed by atoms with Crippen molar-refractivity contribution in [3.63, 3.8) is 0 Å². The Bertz CT molecular complexity index is 1100. The molecule has 0 amide bonds. The normalized spacial score (nSPS) is 11.0. The van der Waals surface area contributed by atoms with Gasteiger partial charge in [0.25, 0.3) is 0 Å². The van der Waals surface area contributed by atoms with Gasteiger partial charge >= 0.3 is 5.97 Å². The maximum Gasteiger partial charge on any atom is 0.358 e. The van der Waals surface area contributed by atoms with E-state index in [1.165, 1.54) is 25.4 Å². The third-order valence-corrected chi connectivity index (χ3v) is 4.40. The second kappa shape index (κ2) is 6.15. The number of halogens is 1. The van der Waals surface area contributed by atoms with Crippen LogP contribution in [0, 0.1) is 5.82 Å². The molecule has 0 fully saturated rings. The summed E-state index contributed by atoms with van der Waals surface area (Å²) in [6.07, 6.45) is 1.50. The van der Waals surface area contributed by atoms with Crippen LogP contribution in [0.3, 0.4) is 0 Å². The van der Waals surface area contributed by atoms with Crippen molar-refractivity contribution < 1.29 is 13.9 Å².